The first-order valence-electron chi connectivity index (χ1n) is 12.8. The predicted molar refractivity (Wildman–Crippen MR) is 137 cm³/mol. The van der Waals surface area contributed by atoms with E-state index in [1.54, 1.807) is 0 Å². The number of nitrogens with zero attached hydrogens (tertiary/aromatic N) is 2. The molecule has 0 saturated carbocycles. The van der Waals surface area contributed by atoms with Gasteiger partial charge in [-0.15, -0.1) is 0 Å². The van der Waals surface area contributed by atoms with Gasteiger partial charge in [0.25, 0.3) is 0 Å². The number of aldehydes is 1. The van der Waals surface area contributed by atoms with E-state index < -0.39 is 29.8 Å². The van der Waals surface area contributed by atoms with Crippen molar-refractivity contribution < 1.29 is 23.5 Å². The summed E-state index contributed by atoms with van der Waals surface area (Å²) in [6, 6.07) is 11.9. The molecule has 194 valence electrons. The van der Waals surface area contributed by atoms with E-state index in [4.69, 9.17) is 24.6 Å². The number of para-hydroxylation sites is 1. The molecule has 10 nitrogen and oxygen atoms in total. The molecule has 4 aliphatic heterocycles. The number of fused-ring (bicyclic) bond motifs is 4. The molecule has 2 aromatic carbocycles. The molecule has 38 heavy (non-hydrogen) atoms. The summed E-state index contributed by atoms with van der Waals surface area (Å²) >= 11 is 0. The van der Waals surface area contributed by atoms with Gasteiger partial charge in [0.05, 0.1) is 6.04 Å². The van der Waals surface area contributed by atoms with Crippen LogP contribution in [0.25, 0.3) is 0 Å². The lowest BCUT2D eigenvalue weighted by Gasteiger charge is -2.28. The van der Waals surface area contributed by atoms with Crippen molar-refractivity contribution >= 4 is 23.8 Å². The zero-order chi connectivity index (χ0) is 26.2. The zero-order valence-electron chi connectivity index (χ0n) is 20.9. The third-order valence-electron chi connectivity index (χ3n) is 7.80. The highest BCUT2D eigenvalue weighted by atomic mass is 16.5. The second kappa shape index (κ2) is 8.16. The number of nitrogens with two attached hydrogens (primary N) is 1. The molecule has 0 fully saturated rings. The van der Waals surface area contributed by atoms with E-state index in [2.05, 4.69) is 15.6 Å². The van der Waals surface area contributed by atoms with Gasteiger partial charge in [-0.2, -0.15) is 0 Å². The van der Waals surface area contributed by atoms with Gasteiger partial charge in [-0.25, -0.2) is 9.98 Å². The summed E-state index contributed by atoms with van der Waals surface area (Å²) in [7, 11) is 0. The predicted octanol–water partition coefficient (Wildman–Crippen LogP) is 2.19. The fourth-order valence-corrected chi connectivity index (χ4v) is 5.94. The van der Waals surface area contributed by atoms with Crippen molar-refractivity contribution in [2.45, 2.75) is 50.0 Å². The van der Waals surface area contributed by atoms with Crippen LogP contribution < -0.4 is 21.1 Å². The second-order valence-electron chi connectivity index (χ2n) is 10.5. The number of benzene rings is 2. The molecule has 0 radical (unpaired) electrons. The molecule has 4 N–H and O–H groups in total. The van der Waals surface area contributed by atoms with Crippen LogP contribution in [0, 0.1) is 5.92 Å². The van der Waals surface area contributed by atoms with Crippen molar-refractivity contribution in [3.05, 3.63) is 76.5 Å². The number of aliphatic imine (C=N–C) groups is 1. The van der Waals surface area contributed by atoms with Crippen LogP contribution in [0.1, 0.15) is 53.9 Å². The maximum Gasteiger partial charge on any atom is 0.239 e. The molecule has 10 heteroatoms. The number of amides is 1. The Hall–Kier alpha value is -4.18. The Morgan fingerprint density at radius 3 is 2.79 bits per heavy atom. The standard InChI is InChI=1S/C28H27N5O5/c1-13(2)21-26-33-22(25-30-15(11-34)12-36-25)23(38-26)28-16-5-3-4-6-19(16)31-27(28)37-20-8-7-14(9-17(20)28)10-18(29)24(35)32-21/h3-9,11,13,15,18,21,27,31H,10,12,29H2,1-2H3,(H,32,35)/t15-,18+,21+,27?,28?/m1/s1. The first kappa shape index (κ1) is 23.0. The van der Waals surface area contributed by atoms with Crippen LogP contribution in [-0.4, -0.2) is 48.0 Å². The van der Waals surface area contributed by atoms with Gasteiger partial charge >= 0.3 is 0 Å². The molecule has 5 atom stereocenters. The summed E-state index contributed by atoms with van der Waals surface area (Å²) in [5.74, 6) is 1.38. The highest BCUT2D eigenvalue weighted by Crippen LogP contribution is 2.58. The summed E-state index contributed by atoms with van der Waals surface area (Å²) < 4.78 is 19.1. The van der Waals surface area contributed by atoms with E-state index >= 15 is 0 Å². The average molecular weight is 514 g/mol. The van der Waals surface area contributed by atoms with Gasteiger partial charge in [-0.1, -0.05) is 44.2 Å². The Balaban J connectivity index is 1.57. The molecule has 4 aliphatic rings. The van der Waals surface area contributed by atoms with Gasteiger partial charge in [0, 0.05) is 11.3 Å². The number of carbonyl (C=O) groups excluding carboxylic acids is 2. The number of rotatable bonds is 3. The van der Waals surface area contributed by atoms with E-state index in [0.717, 1.165) is 28.7 Å². The topological polar surface area (TPSA) is 141 Å². The van der Waals surface area contributed by atoms with Gasteiger partial charge < -0.3 is 35.1 Å². The van der Waals surface area contributed by atoms with Crippen LogP contribution in [-0.2, 0) is 26.2 Å². The number of hydrogen-bond donors (Lipinski definition) is 3. The zero-order valence-corrected chi connectivity index (χ0v) is 20.9. The summed E-state index contributed by atoms with van der Waals surface area (Å²) in [6.45, 7) is 4.08. The maximum atomic E-state index is 13.1. The Morgan fingerprint density at radius 1 is 1.16 bits per heavy atom. The Kier molecular flexibility index (Phi) is 4.93. The van der Waals surface area contributed by atoms with Crippen molar-refractivity contribution in [1.29, 1.82) is 0 Å². The Labute approximate surface area is 218 Å². The van der Waals surface area contributed by atoms with Crippen molar-refractivity contribution in [2.75, 3.05) is 11.9 Å². The lowest BCUT2D eigenvalue weighted by atomic mass is 9.72. The fraction of sp³-hybridized carbons (Fsp3) is 0.357. The van der Waals surface area contributed by atoms with Crippen molar-refractivity contribution in [3.63, 3.8) is 0 Å². The molecule has 3 aromatic rings. The Bertz CT molecular complexity index is 1510. The van der Waals surface area contributed by atoms with Crippen LogP contribution in [0.3, 0.4) is 0 Å². The number of ether oxygens (including phenoxy) is 2. The molecule has 4 bridgehead atoms. The monoisotopic (exact) mass is 513 g/mol. The lowest BCUT2D eigenvalue weighted by molar-refractivity contribution is -0.123. The largest absolute Gasteiger partial charge is 0.474 e. The normalized spacial score (nSPS) is 28.6. The van der Waals surface area contributed by atoms with Gasteiger partial charge in [-0.05, 0) is 35.6 Å². The van der Waals surface area contributed by atoms with E-state index in [1.165, 1.54) is 0 Å². The van der Waals surface area contributed by atoms with Gasteiger partial charge in [0.15, 0.2) is 17.7 Å². The highest BCUT2D eigenvalue weighted by Gasteiger charge is 2.61. The Morgan fingerprint density at radius 2 is 2.00 bits per heavy atom. The van der Waals surface area contributed by atoms with Gasteiger partial charge in [0.1, 0.15) is 36.1 Å². The third kappa shape index (κ3) is 3.10. The number of anilines is 1. The van der Waals surface area contributed by atoms with Crippen molar-refractivity contribution in [3.8, 4) is 5.75 Å². The van der Waals surface area contributed by atoms with E-state index in [9.17, 15) is 9.59 Å². The van der Waals surface area contributed by atoms with E-state index in [0.29, 0.717) is 29.5 Å². The smallest absolute Gasteiger partial charge is 0.239 e. The first-order valence-corrected chi connectivity index (χ1v) is 12.8. The fourth-order valence-electron chi connectivity index (χ4n) is 5.94. The molecule has 1 spiro atoms. The minimum absolute atomic E-state index is 0.0573. The second-order valence-corrected chi connectivity index (χ2v) is 10.5. The molecule has 7 rings (SSSR count). The van der Waals surface area contributed by atoms with Gasteiger partial charge in [0.2, 0.25) is 17.7 Å². The molecular weight excluding hydrogens is 486 g/mol. The van der Waals surface area contributed by atoms with Crippen molar-refractivity contribution in [1.82, 2.24) is 10.3 Å². The van der Waals surface area contributed by atoms with Crippen LogP contribution in [0.5, 0.6) is 5.75 Å². The summed E-state index contributed by atoms with van der Waals surface area (Å²) in [4.78, 5) is 34.0. The number of hydrogen-bond acceptors (Lipinski definition) is 9. The maximum absolute atomic E-state index is 13.1. The quantitative estimate of drug-likeness (QED) is 0.453. The average Bonchev–Trinajstić information content (AvgIpc) is 3.66. The SMILES string of the molecule is CC(C)[C@@H]1NC(=O)[C@@H](N)Cc2ccc3c(c2)C2(c4ccccc4NC2O3)c2oc1nc2C1=N[C@H](C=O)CO1. The van der Waals surface area contributed by atoms with Crippen LogP contribution >= 0.6 is 0 Å². The lowest BCUT2D eigenvalue weighted by Crippen LogP contribution is -2.45. The summed E-state index contributed by atoms with van der Waals surface area (Å²) in [5, 5.41) is 6.56. The van der Waals surface area contributed by atoms with Gasteiger partial charge in [-0.3, -0.25) is 4.79 Å². The molecule has 2 unspecified atom stereocenters. The van der Waals surface area contributed by atoms with Crippen LogP contribution in [0.2, 0.25) is 0 Å². The van der Waals surface area contributed by atoms with E-state index in [-0.39, 0.29) is 24.3 Å². The van der Waals surface area contributed by atoms with Crippen LogP contribution in [0.15, 0.2) is 51.9 Å². The molecule has 0 aliphatic carbocycles. The number of aromatic nitrogens is 1. The minimum atomic E-state index is -0.928. The summed E-state index contributed by atoms with van der Waals surface area (Å²) in [5.41, 5.74) is 9.48. The van der Waals surface area contributed by atoms with Crippen LogP contribution in [0.4, 0.5) is 5.69 Å². The minimum Gasteiger partial charge on any atom is -0.474 e. The molecule has 1 amide bonds. The number of oxazole rings is 1. The first-order chi connectivity index (χ1) is 18.4. The van der Waals surface area contributed by atoms with E-state index in [1.807, 2.05) is 56.3 Å². The third-order valence-corrected chi connectivity index (χ3v) is 7.80. The molecule has 0 saturated heterocycles. The number of nitrogens with one attached hydrogen (secondary N) is 2. The number of carbonyl (C=O) groups is 2. The highest BCUT2D eigenvalue weighted by molar-refractivity contribution is 5.97. The molecule has 1 aromatic heterocycles. The van der Waals surface area contributed by atoms with Crippen molar-refractivity contribution in [2.24, 2.45) is 16.6 Å². The molecular formula is C28H27N5O5. The molecule has 5 heterocycles. The summed E-state index contributed by atoms with van der Waals surface area (Å²) in [6.07, 6.45) is 0.579.